The molecular weight excluding hydrogens is 372 g/mol. The molecule has 2 rings (SSSR count). The Morgan fingerprint density at radius 3 is 2.55 bits per heavy atom. The molecule has 0 N–H and O–H groups in total. The van der Waals surface area contributed by atoms with Crippen LogP contribution in [0, 0.1) is 0 Å². The quantitative estimate of drug-likeness (QED) is 0.575. The molecule has 0 aliphatic rings. The van der Waals surface area contributed by atoms with E-state index in [4.69, 9.17) is 21.1 Å². The van der Waals surface area contributed by atoms with Crippen molar-refractivity contribution in [2.24, 2.45) is 0 Å². The molecule has 22 heavy (non-hydrogen) atoms. The first kappa shape index (κ1) is 16.5. The summed E-state index contributed by atoms with van der Waals surface area (Å²) in [5.41, 5.74) is 0.646. The maximum Gasteiger partial charge on any atom is 0.340 e. The van der Waals surface area contributed by atoms with E-state index in [9.17, 15) is 9.59 Å². The van der Waals surface area contributed by atoms with Gasteiger partial charge >= 0.3 is 5.97 Å². The smallest absolute Gasteiger partial charge is 0.340 e. The minimum absolute atomic E-state index is 0.230. The van der Waals surface area contributed by atoms with Crippen LogP contribution in [0.25, 0.3) is 0 Å². The van der Waals surface area contributed by atoms with E-state index >= 15 is 0 Å². The Bertz CT molecular complexity index is 715. The van der Waals surface area contributed by atoms with Crippen molar-refractivity contribution in [3.8, 4) is 5.75 Å². The molecule has 0 saturated carbocycles. The van der Waals surface area contributed by atoms with E-state index in [1.165, 1.54) is 7.11 Å². The zero-order chi connectivity index (χ0) is 16.1. The molecule has 0 radical (unpaired) electrons. The van der Waals surface area contributed by atoms with Crippen LogP contribution in [0.4, 0.5) is 0 Å². The van der Waals surface area contributed by atoms with Crippen LogP contribution in [-0.2, 0) is 4.74 Å². The first-order valence-corrected chi connectivity index (χ1v) is 7.48. The topological polar surface area (TPSA) is 52.6 Å². The van der Waals surface area contributed by atoms with E-state index in [0.717, 1.165) is 0 Å². The summed E-state index contributed by atoms with van der Waals surface area (Å²) in [5, 5.41) is 0.284. The van der Waals surface area contributed by atoms with Gasteiger partial charge in [0.2, 0.25) is 0 Å². The number of hydrogen-bond acceptors (Lipinski definition) is 4. The molecule has 0 aromatic heterocycles. The van der Waals surface area contributed by atoms with Crippen LogP contribution in [0.15, 0.2) is 46.9 Å². The average molecular weight is 384 g/mol. The predicted molar refractivity (Wildman–Crippen MR) is 86.8 cm³/mol. The fourth-order valence-electron chi connectivity index (χ4n) is 1.76. The minimum atomic E-state index is -0.633. The molecule has 0 bridgehead atoms. The van der Waals surface area contributed by atoms with E-state index in [0.29, 0.717) is 15.8 Å². The Hall–Kier alpha value is -1.85. The molecular formula is C16H12BrClO4. The van der Waals surface area contributed by atoms with Crippen molar-refractivity contribution in [3.05, 3.63) is 63.1 Å². The van der Waals surface area contributed by atoms with Gasteiger partial charge in [-0.15, -0.1) is 0 Å². The maximum atomic E-state index is 12.0. The molecule has 0 saturated heterocycles. The normalized spacial score (nSPS) is 10.1. The minimum Gasteiger partial charge on any atom is -0.496 e. The Morgan fingerprint density at radius 2 is 1.91 bits per heavy atom. The van der Waals surface area contributed by atoms with E-state index in [-0.39, 0.29) is 23.0 Å². The van der Waals surface area contributed by atoms with Crippen molar-refractivity contribution >= 4 is 39.3 Å². The summed E-state index contributed by atoms with van der Waals surface area (Å²) < 4.78 is 10.7. The summed E-state index contributed by atoms with van der Waals surface area (Å²) in [4.78, 5) is 23.9. The van der Waals surface area contributed by atoms with Crippen LogP contribution >= 0.6 is 27.5 Å². The number of ketones is 1. The van der Waals surface area contributed by atoms with Crippen molar-refractivity contribution in [1.82, 2.24) is 0 Å². The second-order valence-corrected chi connectivity index (χ2v) is 5.59. The fourth-order valence-corrected chi connectivity index (χ4v) is 2.51. The van der Waals surface area contributed by atoms with Crippen LogP contribution in [0.2, 0.25) is 5.02 Å². The van der Waals surface area contributed by atoms with Gasteiger partial charge in [0.05, 0.1) is 22.2 Å². The number of hydrogen-bond donors (Lipinski definition) is 0. The second-order valence-electron chi connectivity index (χ2n) is 4.33. The molecule has 2 aromatic rings. The van der Waals surface area contributed by atoms with Crippen molar-refractivity contribution < 1.29 is 19.1 Å². The molecule has 0 spiro atoms. The number of methoxy groups -OCH3 is 1. The second kappa shape index (κ2) is 7.42. The first-order valence-electron chi connectivity index (χ1n) is 6.31. The van der Waals surface area contributed by atoms with Gasteiger partial charge in [-0.2, -0.15) is 0 Å². The Labute approximate surface area is 141 Å². The van der Waals surface area contributed by atoms with E-state index in [1.807, 2.05) is 0 Å². The third kappa shape index (κ3) is 3.87. The SMILES string of the molecule is COc1ccc(C(=O)COC(=O)c2ccccc2Cl)cc1Br. The van der Waals surface area contributed by atoms with Gasteiger partial charge in [-0.25, -0.2) is 4.79 Å². The van der Waals surface area contributed by atoms with Crippen molar-refractivity contribution in [1.29, 1.82) is 0 Å². The predicted octanol–water partition coefficient (Wildman–Crippen LogP) is 4.15. The van der Waals surface area contributed by atoms with Gasteiger partial charge < -0.3 is 9.47 Å². The summed E-state index contributed by atoms with van der Waals surface area (Å²) in [6, 6.07) is 11.4. The number of halogens is 2. The zero-order valence-electron chi connectivity index (χ0n) is 11.6. The zero-order valence-corrected chi connectivity index (χ0v) is 14.0. The maximum absolute atomic E-state index is 12.0. The standard InChI is InChI=1S/C16H12BrClO4/c1-21-15-7-6-10(8-12(15)17)14(19)9-22-16(20)11-4-2-3-5-13(11)18/h2-8H,9H2,1H3. The van der Waals surface area contributed by atoms with Crippen molar-refractivity contribution in [3.63, 3.8) is 0 Å². The van der Waals surface area contributed by atoms with Gasteiger partial charge in [0.1, 0.15) is 5.75 Å². The Kier molecular flexibility index (Phi) is 5.57. The molecule has 0 unspecified atom stereocenters. The van der Waals surface area contributed by atoms with Gasteiger partial charge in [-0.1, -0.05) is 23.7 Å². The monoisotopic (exact) mass is 382 g/mol. The summed E-state index contributed by atoms with van der Waals surface area (Å²) >= 11 is 9.20. The number of rotatable bonds is 5. The summed E-state index contributed by atoms with van der Waals surface area (Å²) in [5.74, 6) is -0.333. The molecule has 0 aliphatic heterocycles. The lowest BCUT2D eigenvalue weighted by atomic mass is 10.1. The van der Waals surface area contributed by atoms with Crippen LogP contribution in [-0.4, -0.2) is 25.5 Å². The molecule has 2 aromatic carbocycles. The Morgan fingerprint density at radius 1 is 1.18 bits per heavy atom. The highest BCUT2D eigenvalue weighted by Gasteiger charge is 2.15. The molecule has 0 atom stereocenters. The van der Waals surface area contributed by atoms with E-state index in [2.05, 4.69) is 15.9 Å². The van der Waals surface area contributed by atoms with E-state index in [1.54, 1.807) is 42.5 Å². The molecule has 0 amide bonds. The van der Waals surface area contributed by atoms with Gasteiger partial charge in [0.15, 0.2) is 12.4 Å². The third-order valence-corrected chi connectivity index (χ3v) is 3.85. The number of ether oxygens (including phenoxy) is 2. The first-order chi connectivity index (χ1) is 10.5. The highest BCUT2D eigenvalue weighted by Crippen LogP contribution is 2.25. The van der Waals surface area contributed by atoms with Gasteiger partial charge in [0, 0.05) is 5.56 Å². The van der Waals surface area contributed by atoms with Crippen molar-refractivity contribution in [2.45, 2.75) is 0 Å². The van der Waals surface area contributed by atoms with Crippen LogP contribution in [0.3, 0.4) is 0 Å². The number of carbonyl (C=O) groups excluding carboxylic acids is 2. The number of esters is 1. The number of Topliss-reactive ketones (excluding diaryl/α,β-unsaturated/α-hetero) is 1. The number of carbonyl (C=O) groups is 2. The van der Waals surface area contributed by atoms with Crippen LogP contribution in [0.1, 0.15) is 20.7 Å². The third-order valence-electron chi connectivity index (χ3n) is 2.90. The van der Waals surface area contributed by atoms with Crippen LogP contribution < -0.4 is 4.74 Å². The fraction of sp³-hybridized carbons (Fsp3) is 0.125. The summed E-state index contributed by atoms with van der Waals surface area (Å²) in [6.07, 6.45) is 0. The average Bonchev–Trinajstić information content (AvgIpc) is 2.52. The van der Waals surface area contributed by atoms with Gasteiger partial charge in [-0.05, 0) is 46.3 Å². The highest BCUT2D eigenvalue weighted by molar-refractivity contribution is 9.10. The summed E-state index contributed by atoms with van der Waals surface area (Å²) in [6.45, 7) is -0.358. The molecule has 0 fully saturated rings. The molecule has 6 heteroatoms. The highest BCUT2D eigenvalue weighted by atomic mass is 79.9. The van der Waals surface area contributed by atoms with Crippen molar-refractivity contribution in [2.75, 3.05) is 13.7 Å². The lowest BCUT2D eigenvalue weighted by molar-refractivity contribution is 0.0475. The lowest BCUT2D eigenvalue weighted by Crippen LogP contribution is -2.14. The molecule has 114 valence electrons. The number of benzene rings is 2. The van der Waals surface area contributed by atoms with E-state index < -0.39 is 5.97 Å². The summed E-state index contributed by atoms with van der Waals surface area (Å²) in [7, 11) is 1.53. The Balaban J connectivity index is 2.02. The molecule has 4 nitrogen and oxygen atoms in total. The largest absolute Gasteiger partial charge is 0.496 e. The molecule has 0 aliphatic carbocycles. The lowest BCUT2D eigenvalue weighted by Gasteiger charge is -2.07. The van der Waals surface area contributed by atoms with Gasteiger partial charge in [-0.3, -0.25) is 4.79 Å². The molecule has 0 heterocycles. The van der Waals surface area contributed by atoms with Gasteiger partial charge in [0.25, 0.3) is 0 Å². The van der Waals surface area contributed by atoms with Crippen LogP contribution in [0.5, 0.6) is 5.75 Å².